The maximum atomic E-state index is 11.4. The van der Waals surface area contributed by atoms with Crippen LogP contribution >= 0.6 is 0 Å². The van der Waals surface area contributed by atoms with Crippen molar-refractivity contribution in [3.05, 3.63) is 64.9 Å². The van der Waals surface area contributed by atoms with Gasteiger partial charge in [0, 0.05) is 23.9 Å². The normalized spacial score (nSPS) is 16.1. The summed E-state index contributed by atoms with van der Waals surface area (Å²) in [6.45, 7) is 1.75. The molecule has 0 aliphatic carbocycles. The van der Waals surface area contributed by atoms with E-state index in [1.807, 2.05) is 36.4 Å². The molecule has 0 radical (unpaired) electrons. The van der Waals surface area contributed by atoms with E-state index in [1.165, 1.54) is 0 Å². The van der Waals surface area contributed by atoms with Crippen LogP contribution in [0.2, 0.25) is 0 Å². The summed E-state index contributed by atoms with van der Waals surface area (Å²) < 4.78 is 11.9. The molecule has 1 aromatic heterocycles. The van der Waals surface area contributed by atoms with Crippen LogP contribution in [0.5, 0.6) is 5.75 Å². The highest BCUT2D eigenvalue weighted by Gasteiger charge is 2.17. The van der Waals surface area contributed by atoms with Gasteiger partial charge < -0.3 is 25.3 Å². The number of benzene rings is 2. The Morgan fingerprint density at radius 2 is 2.07 bits per heavy atom. The summed E-state index contributed by atoms with van der Waals surface area (Å²) >= 11 is 0. The third kappa shape index (κ3) is 4.63. The first-order valence-corrected chi connectivity index (χ1v) is 10.1. The molecule has 2 aromatic carbocycles. The van der Waals surface area contributed by atoms with E-state index in [9.17, 15) is 9.90 Å². The number of furan rings is 1. The lowest BCUT2D eigenvalue weighted by atomic mass is 9.99. The Morgan fingerprint density at radius 3 is 2.80 bits per heavy atom. The number of aliphatic carboxylic acids is 1. The second-order valence-corrected chi connectivity index (χ2v) is 7.61. The fourth-order valence-electron chi connectivity index (χ4n) is 3.82. The number of amidine groups is 1. The van der Waals surface area contributed by atoms with Crippen LogP contribution in [0.25, 0.3) is 11.0 Å². The largest absolute Gasteiger partial charge is 0.489 e. The molecule has 0 unspecified atom stereocenters. The van der Waals surface area contributed by atoms with Gasteiger partial charge in [0.15, 0.2) is 0 Å². The van der Waals surface area contributed by atoms with E-state index in [-0.39, 0.29) is 18.4 Å². The SMILES string of the molecule is N=C(N)c1ccc2oc(CCc3ccc(O[C@H]4CCNC4)cc3CC(=O)O)cc2c1. The zero-order valence-corrected chi connectivity index (χ0v) is 16.6. The van der Waals surface area contributed by atoms with Crippen molar-refractivity contribution in [3.63, 3.8) is 0 Å². The number of carboxylic acid groups (broad SMARTS) is 1. The van der Waals surface area contributed by atoms with Crippen molar-refractivity contribution in [2.75, 3.05) is 13.1 Å². The molecule has 7 nitrogen and oxygen atoms in total. The Kier molecular flexibility index (Phi) is 5.72. The summed E-state index contributed by atoms with van der Waals surface area (Å²) in [6, 6.07) is 13.1. The molecular weight excluding hydrogens is 382 g/mol. The number of hydrogen-bond acceptors (Lipinski definition) is 5. The highest BCUT2D eigenvalue weighted by molar-refractivity contribution is 5.98. The van der Waals surface area contributed by atoms with Gasteiger partial charge in [-0.1, -0.05) is 6.07 Å². The molecule has 0 saturated carbocycles. The number of nitrogens with two attached hydrogens (primary N) is 1. The van der Waals surface area contributed by atoms with Crippen LogP contribution in [0.3, 0.4) is 0 Å². The van der Waals surface area contributed by atoms with Gasteiger partial charge in [-0.15, -0.1) is 0 Å². The minimum atomic E-state index is -0.864. The highest BCUT2D eigenvalue weighted by Crippen LogP contribution is 2.25. The molecule has 1 fully saturated rings. The van der Waals surface area contributed by atoms with Crippen LogP contribution in [0, 0.1) is 5.41 Å². The maximum absolute atomic E-state index is 11.4. The molecule has 1 aliphatic heterocycles. The second-order valence-electron chi connectivity index (χ2n) is 7.61. The molecule has 0 bridgehead atoms. The molecule has 1 aliphatic rings. The van der Waals surface area contributed by atoms with Gasteiger partial charge in [-0.05, 0) is 66.9 Å². The Labute approximate surface area is 174 Å². The Hall–Kier alpha value is -3.32. The summed E-state index contributed by atoms with van der Waals surface area (Å²) in [5.74, 6) is 0.679. The third-order valence-corrected chi connectivity index (χ3v) is 5.36. The molecular formula is C23H25N3O4. The highest BCUT2D eigenvalue weighted by atomic mass is 16.5. The molecule has 3 aromatic rings. The third-order valence-electron chi connectivity index (χ3n) is 5.36. The van der Waals surface area contributed by atoms with Gasteiger partial charge in [0.25, 0.3) is 0 Å². The van der Waals surface area contributed by atoms with Crippen molar-refractivity contribution in [1.29, 1.82) is 5.41 Å². The van der Waals surface area contributed by atoms with Crippen molar-refractivity contribution >= 4 is 22.8 Å². The summed E-state index contributed by atoms with van der Waals surface area (Å²) in [7, 11) is 0. The van der Waals surface area contributed by atoms with Gasteiger partial charge in [-0.3, -0.25) is 10.2 Å². The van der Waals surface area contributed by atoms with Crippen LogP contribution in [-0.4, -0.2) is 36.1 Å². The molecule has 1 saturated heterocycles. The zero-order valence-electron chi connectivity index (χ0n) is 16.6. The van der Waals surface area contributed by atoms with Crippen molar-refractivity contribution in [2.24, 2.45) is 5.73 Å². The first-order chi connectivity index (χ1) is 14.5. The number of nitrogen functional groups attached to an aromatic ring is 1. The molecule has 156 valence electrons. The fraction of sp³-hybridized carbons (Fsp3) is 0.304. The monoisotopic (exact) mass is 407 g/mol. The lowest BCUT2D eigenvalue weighted by molar-refractivity contribution is -0.136. The Morgan fingerprint density at radius 1 is 1.20 bits per heavy atom. The standard InChI is InChI=1S/C23H25N3O4/c24-23(25)15-3-6-21-17(9-15)11-19(30-21)5-2-14-1-4-18(10-16(14)12-22(27)28)29-20-7-8-26-13-20/h1,3-4,6,9-11,20,26H,2,5,7-8,12-13H2,(H3,24,25)(H,27,28)/t20-/m0/s1. The van der Waals surface area contributed by atoms with E-state index < -0.39 is 5.97 Å². The van der Waals surface area contributed by atoms with Crippen LogP contribution in [0.1, 0.15) is 28.9 Å². The molecule has 2 heterocycles. The van der Waals surface area contributed by atoms with Crippen LogP contribution in [-0.2, 0) is 24.1 Å². The van der Waals surface area contributed by atoms with Gasteiger partial charge in [0.2, 0.25) is 0 Å². The van der Waals surface area contributed by atoms with E-state index in [2.05, 4.69) is 5.32 Å². The van der Waals surface area contributed by atoms with E-state index in [1.54, 1.807) is 6.07 Å². The second kappa shape index (κ2) is 8.59. The quantitative estimate of drug-likeness (QED) is 0.336. The molecule has 5 N–H and O–H groups in total. The summed E-state index contributed by atoms with van der Waals surface area (Å²) in [4.78, 5) is 11.4. The smallest absolute Gasteiger partial charge is 0.307 e. The number of fused-ring (bicyclic) bond motifs is 1. The number of aryl methyl sites for hydroxylation is 2. The lowest BCUT2D eigenvalue weighted by Gasteiger charge is -2.15. The predicted molar refractivity (Wildman–Crippen MR) is 114 cm³/mol. The van der Waals surface area contributed by atoms with Crippen LogP contribution < -0.4 is 15.8 Å². The Balaban J connectivity index is 1.50. The molecule has 0 amide bonds. The van der Waals surface area contributed by atoms with Crippen LogP contribution in [0.4, 0.5) is 0 Å². The number of rotatable bonds is 8. The van der Waals surface area contributed by atoms with E-state index in [0.717, 1.165) is 47.4 Å². The topological polar surface area (TPSA) is 122 Å². The zero-order chi connectivity index (χ0) is 21.1. The molecule has 30 heavy (non-hydrogen) atoms. The van der Waals surface area contributed by atoms with Gasteiger partial charge in [-0.2, -0.15) is 0 Å². The van der Waals surface area contributed by atoms with E-state index >= 15 is 0 Å². The summed E-state index contributed by atoms with van der Waals surface area (Å²) in [5, 5.41) is 21.0. The first-order valence-electron chi connectivity index (χ1n) is 10.1. The van der Waals surface area contributed by atoms with E-state index in [0.29, 0.717) is 24.2 Å². The number of ether oxygens (including phenoxy) is 1. The van der Waals surface area contributed by atoms with Crippen LogP contribution in [0.15, 0.2) is 46.9 Å². The maximum Gasteiger partial charge on any atom is 0.307 e. The summed E-state index contributed by atoms with van der Waals surface area (Å²) in [5.41, 5.74) is 8.70. The van der Waals surface area contributed by atoms with Gasteiger partial charge in [-0.25, -0.2) is 0 Å². The van der Waals surface area contributed by atoms with Crippen molar-refractivity contribution in [2.45, 2.75) is 31.8 Å². The summed E-state index contributed by atoms with van der Waals surface area (Å²) in [6.07, 6.45) is 2.34. The van der Waals surface area contributed by atoms with Gasteiger partial charge in [0.05, 0.1) is 6.42 Å². The van der Waals surface area contributed by atoms with Gasteiger partial charge >= 0.3 is 5.97 Å². The van der Waals surface area contributed by atoms with Crippen molar-refractivity contribution < 1.29 is 19.1 Å². The number of carbonyl (C=O) groups is 1. The molecule has 1 atom stereocenters. The fourth-order valence-corrected chi connectivity index (χ4v) is 3.82. The minimum Gasteiger partial charge on any atom is -0.489 e. The minimum absolute atomic E-state index is 0.0219. The number of hydrogen-bond donors (Lipinski definition) is 4. The predicted octanol–water partition coefficient (Wildman–Crippen LogP) is 2.87. The molecule has 4 rings (SSSR count). The molecule has 7 heteroatoms. The van der Waals surface area contributed by atoms with Crippen molar-refractivity contribution in [1.82, 2.24) is 5.32 Å². The number of carboxylic acids is 1. The van der Waals surface area contributed by atoms with E-state index in [4.69, 9.17) is 20.3 Å². The van der Waals surface area contributed by atoms with Gasteiger partial charge in [0.1, 0.15) is 29.0 Å². The molecule has 0 spiro atoms. The van der Waals surface area contributed by atoms with Crippen molar-refractivity contribution in [3.8, 4) is 5.75 Å². The Bertz CT molecular complexity index is 1080. The first kappa shape index (κ1) is 20.0. The average molecular weight is 407 g/mol. The lowest BCUT2D eigenvalue weighted by Crippen LogP contribution is -2.19. The average Bonchev–Trinajstić information content (AvgIpc) is 3.35. The number of nitrogens with one attached hydrogen (secondary N) is 2.